The lowest BCUT2D eigenvalue weighted by atomic mass is 10.1. The first-order valence-electron chi connectivity index (χ1n) is 7.78. The fraction of sp³-hybridized carbons (Fsp3) is 0.400. The highest BCUT2D eigenvalue weighted by molar-refractivity contribution is 5.18. The van der Waals surface area contributed by atoms with Crippen LogP contribution < -0.4 is 0 Å². The Hall–Kier alpha value is -1.56. The first kappa shape index (κ1) is 18.4. The predicted octanol–water partition coefficient (Wildman–Crippen LogP) is 6.51. The van der Waals surface area contributed by atoms with Crippen LogP contribution in [0.1, 0.15) is 51.9 Å². The van der Waals surface area contributed by atoms with Crippen LogP contribution in [0.25, 0.3) is 0 Å². The van der Waals surface area contributed by atoms with E-state index in [0.717, 1.165) is 0 Å². The minimum absolute atomic E-state index is 1.19. The van der Waals surface area contributed by atoms with E-state index in [2.05, 4.69) is 25.2 Å². The molecule has 0 aliphatic rings. The zero-order chi connectivity index (χ0) is 14.7. The lowest BCUT2D eigenvalue weighted by molar-refractivity contribution is 0.611. The number of rotatable bonds is 12. The van der Waals surface area contributed by atoms with Crippen LogP contribution in [0.3, 0.4) is 0 Å². The summed E-state index contributed by atoms with van der Waals surface area (Å²) < 4.78 is 0. The second-order valence-electron chi connectivity index (χ2n) is 4.72. The van der Waals surface area contributed by atoms with Crippen molar-refractivity contribution in [2.75, 3.05) is 0 Å². The van der Waals surface area contributed by atoms with Crippen molar-refractivity contribution >= 4 is 0 Å². The molecular formula is C20H29. The van der Waals surface area contributed by atoms with Gasteiger partial charge in [0.15, 0.2) is 0 Å². The Morgan fingerprint density at radius 3 is 1.70 bits per heavy atom. The molecule has 0 amide bonds. The van der Waals surface area contributed by atoms with Gasteiger partial charge >= 0.3 is 0 Å². The average Bonchev–Trinajstić information content (AvgIpc) is 2.47. The zero-order valence-electron chi connectivity index (χ0n) is 12.9. The summed E-state index contributed by atoms with van der Waals surface area (Å²) in [7, 11) is 0. The van der Waals surface area contributed by atoms with E-state index < -0.39 is 0 Å². The van der Waals surface area contributed by atoms with Crippen molar-refractivity contribution in [1.29, 1.82) is 0 Å². The molecule has 0 saturated carbocycles. The molecule has 0 heteroatoms. The summed E-state index contributed by atoms with van der Waals surface area (Å²) in [5.74, 6) is 0. The van der Waals surface area contributed by atoms with Crippen molar-refractivity contribution in [3.8, 4) is 0 Å². The monoisotopic (exact) mass is 269 g/mol. The second-order valence-corrected chi connectivity index (χ2v) is 4.72. The topological polar surface area (TPSA) is 0 Å². The highest BCUT2D eigenvalue weighted by Crippen LogP contribution is 2.07. The van der Waals surface area contributed by atoms with Crippen molar-refractivity contribution in [3.63, 3.8) is 0 Å². The molecule has 0 atom stereocenters. The molecule has 0 rings (SSSR count). The minimum Gasteiger partial charge on any atom is -0.0845 e. The molecule has 0 fully saturated rings. The fourth-order valence-electron chi connectivity index (χ4n) is 1.73. The van der Waals surface area contributed by atoms with E-state index in [0.29, 0.717) is 0 Å². The summed E-state index contributed by atoms with van der Waals surface area (Å²) >= 11 is 0. The molecule has 0 unspecified atom stereocenters. The van der Waals surface area contributed by atoms with Gasteiger partial charge < -0.3 is 0 Å². The third-order valence-electron chi connectivity index (χ3n) is 2.86. The van der Waals surface area contributed by atoms with E-state index in [1.807, 2.05) is 36.5 Å². The van der Waals surface area contributed by atoms with Crippen molar-refractivity contribution in [1.82, 2.24) is 0 Å². The first-order chi connectivity index (χ1) is 9.91. The lowest BCUT2D eigenvalue weighted by Gasteiger charge is -1.97. The summed E-state index contributed by atoms with van der Waals surface area (Å²) in [6.07, 6.45) is 31.0. The number of unbranched alkanes of at least 4 members (excludes halogenated alkanes) is 6. The zero-order valence-corrected chi connectivity index (χ0v) is 12.9. The van der Waals surface area contributed by atoms with Crippen molar-refractivity contribution in [2.45, 2.75) is 51.9 Å². The molecule has 0 spiro atoms. The second kappa shape index (κ2) is 17.4. The summed E-state index contributed by atoms with van der Waals surface area (Å²) in [5.41, 5.74) is 0. The van der Waals surface area contributed by atoms with E-state index >= 15 is 0 Å². The van der Waals surface area contributed by atoms with Gasteiger partial charge in [0, 0.05) is 0 Å². The van der Waals surface area contributed by atoms with Gasteiger partial charge in [-0.05, 0) is 12.8 Å². The Morgan fingerprint density at radius 2 is 1.10 bits per heavy atom. The maximum atomic E-state index is 5.21. The van der Waals surface area contributed by atoms with Crippen LogP contribution in [0.15, 0.2) is 66.8 Å². The predicted molar refractivity (Wildman–Crippen MR) is 92.6 cm³/mol. The lowest BCUT2D eigenvalue weighted by Crippen LogP contribution is -1.77. The molecular weight excluding hydrogens is 240 g/mol. The normalized spacial score (nSPS) is 12.8. The summed E-state index contributed by atoms with van der Waals surface area (Å²) in [4.78, 5) is 0. The van der Waals surface area contributed by atoms with Crippen LogP contribution in [-0.2, 0) is 0 Å². The van der Waals surface area contributed by atoms with E-state index in [9.17, 15) is 0 Å². The highest BCUT2D eigenvalue weighted by Gasteiger charge is 1.87. The molecule has 0 N–H and O–H groups in total. The van der Waals surface area contributed by atoms with Crippen molar-refractivity contribution < 1.29 is 0 Å². The smallest absolute Gasteiger partial charge is 0.0348 e. The van der Waals surface area contributed by atoms with Crippen molar-refractivity contribution in [3.05, 3.63) is 73.4 Å². The van der Waals surface area contributed by atoms with Gasteiger partial charge in [-0.3, -0.25) is 0 Å². The number of allylic oxidation sites excluding steroid dienone is 11. The molecule has 0 saturated heterocycles. The van der Waals surface area contributed by atoms with Gasteiger partial charge in [0.1, 0.15) is 0 Å². The standard InChI is InChI=1S/C20H29/c1-3-5-7-9-11-13-15-17-19-20-18-16-14-12-10-8-6-4-2/h1,3,5,7,9,11,13,15,17-20H,4,6,8,10,12,14,16H2,2H3/b3-1?,7-5+,11-9+,15-13+,19-17+,20-18+. The van der Waals surface area contributed by atoms with Gasteiger partial charge in [-0.25, -0.2) is 0 Å². The van der Waals surface area contributed by atoms with Crippen LogP contribution >= 0.6 is 0 Å². The summed E-state index contributed by atoms with van der Waals surface area (Å²) in [6.45, 7) is 7.47. The quantitative estimate of drug-likeness (QED) is 0.280. The third-order valence-corrected chi connectivity index (χ3v) is 2.86. The van der Waals surface area contributed by atoms with Crippen LogP contribution in [0.4, 0.5) is 0 Å². The van der Waals surface area contributed by atoms with E-state index in [1.165, 1.54) is 51.0 Å². The molecule has 0 aromatic rings. The summed E-state index contributed by atoms with van der Waals surface area (Å²) in [6, 6.07) is 0. The van der Waals surface area contributed by atoms with Gasteiger partial charge in [-0.1, -0.05) is 112 Å². The molecule has 0 aromatic carbocycles. The Labute approximate surface area is 126 Å². The maximum absolute atomic E-state index is 5.21. The minimum atomic E-state index is 1.19. The Morgan fingerprint density at radius 1 is 0.600 bits per heavy atom. The largest absolute Gasteiger partial charge is 0.0845 e. The van der Waals surface area contributed by atoms with Crippen LogP contribution in [-0.4, -0.2) is 0 Å². The van der Waals surface area contributed by atoms with Crippen LogP contribution in [0, 0.1) is 6.58 Å². The van der Waals surface area contributed by atoms with Crippen molar-refractivity contribution in [2.24, 2.45) is 0 Å². The highest BCUT2D eigenvalue weighted by atomic mass is 13.9. The molecule has 0 aliphatic carbocycles. The first-order valence-corrected chi connectivity index (χ1v) is 7.78. The maximum Gasteiger partial charge on any atom is -0.0348 e. The van der Waals surface area contributed by atoms with Crippen LogP contribution in [0.5, 0.6) is 0 Å². The Kier molecular flexibility index (Phi) is 16.1. The summed E-state index contributed by atoms with van der Waals surface area (Å²) in [5, 5.41) is 0. The Balaban J connectivity index is 3.47. The fourth-order valence-corrected chi connectivity index (χ4v) is 1.73. The van der Waals surface area contributed by atoms with E-state index in [1.54, 1.807) is 6.08 Å². The molecule has 0 aliphatic heterocycles. The number of hydrogen-bond acceptors (Lipinski definition) is 0. The SMILES string of the molecule is [CH]=C/C=C/C=C/C=C/C=C/C=C/CCCCCCCC. The molecule has 0 bridgehead atoms. The molecule has 20 heavy (non-hydrogen) atoms. The van der Waals surface area contributed by atoms with Gasteiger partial charge in [-0.2, -0.15) is 0 Å². The molecule has 0 aromatic heterocycles. The van der Waals surface area contributed by atoms with Gasteiger partial charge in [0.05, 0.1) is 0 Å². The van der Waals surface area contributed by atoms with Gasteiger partial charge in [0.25, 0.3) is 0 Å². The van der Waals surface area contributed by atoms with Gasteiger partial charge in [-0.15, -0.1) is 0 Å². The van der Waals surface area contributed by atoms with Gasteiger partial charge in [0.2, 0.25) is 0 Å². The number of hydrogen-bond donors (Lipinski definition) is 0. The molecule has 0 heterocycles. The molecule has 1 radical (unpaired) electrons. The third kappa shape index (κ3) is 16.4. The van der Waals surface area contributed by atoms with Crippen LogP contribution in [0.2, 0.25) is 0 Å². The van der Waals surface area contributed by atoms with E-state index in [4.69, 9.17) is 6.58 Å². The Bertz CT molecular complexity index is 337. The molecule has 0 nitrogen and oxygen atoms in total. The molecule has 109 valence electrons. The average molecular weight is 269 g/mol. The van der Waals surface area contributed by atoms with E-state index in [-0.39, 0.29) is 0 Å².